The average molecular weight is 292 g/mol. The standard InChI is InChI=1S/C14H24N6O/c1-3-21-14-17-12(15-2)16-13(18-14)20-9-6-11(10-20)19-7-4-5-8-19/h11H,3-10H2,1-2H3,(H,15,16,17,18). The van der Waals surface area contributed by atoms with Gasteiger partial charge in [0.15, 0.2) is 0 Å². The van der Waals surface area contributed by atoms with Crippen LogP contribution >= 0.6 is 0 Å². The zero-order valence-corrected chi connectivity index (χ0v) is 12.9. The molecule has 1 atom stereocenters. The minimum atomic E-state index is 0.400. The summed E-state index contributed by atoms with van der Waals surface area (Å²) in [5.74, 6) is 1.28. The highest BCUT2D eigenvalue weighted by molar-refractivity contribution is 5.39. The molecule has 7 nitrogen and oxygen atoms in total. The third kappa shape index (κ3) is 3.18. The monoisotopic (exact) mass is 292 g/mol. The van der Waals surface area contributed by atoms with Gasteiger partial charge in [0.1, 0.15) is 0 Å². The first-order chi connectivity index (χ1) is 10.3. The number of anilines is 2. The molecule has 21 heavy (non-hydrogen) atoms. The molecule has 2 aliphatic heterocycles. The van der Waals surface area contributed by atoms with E-state index in [1.807, 2.05) is 14.0 Å². The third-order valence-corrected chi connectivity index (χ3v) is 4.20. The summed E-state index contributed by atoms with van der Waals surface area (Å²) in [6.45, 7) is 6.97. The fraction of sp³-hybridized carbons (Fsp3) is 0.786. The number of rotatable bonds is 5. The molecule has 0 amide bonds. The molecule has 0 saturated carbocycles. The van der Waals surface area contributed by atoms with Crippen molar-refractivity contribution in [3.05, 3.63) is 0 Å². The van der Waals surface area contributed by atoms with Crippen LogP contribution in [0, 0.1) is 0 Å². The number of nitrogens with zero attached hydrogens (tertiary/aromatic N) is 5. The Morgan fingerprint density at radius 1 is 1.19 bits per heavy atom. The second kappa shape index (κ2) is 6.43. The minimum absolute atomic E-state index is 0.400. The van der Waals surface area contributed by atoms with E-state index < -0.39 is 0 Å². The van der Waals surface area contributed by atoms with E-state index in [9.17, 15) is 0 Å². The first-order valence-electron chi connectivity index (χ1n) is 7.85. The Morgan fingerprint density at radius 2 is 2.00 bits per heavy atom. The van der Waals surface area contributed by atoms with Gasteiger partial charge in [0.05, 0.1) is 6.61 Å². The van der Waals surface area contributed by atoms with E-state index in [1.54, 1.807) is 0 Å². The SMILES string of the molecule is CCOc1nc(NC)nc(N2CCC(N3CCCC3)C2)n1. The van der Waals surface area contributed by atoms with Gasteiger partial charge >= 0.3 is 6.01 Å². The van der Waals surface area contributed by atoms with Gasteiger partial charge in [-0.15, -0.1) is 0 Å². The molecule has 0 aromatic carbocycles. The second-order valence-corrected chi connectivity index (χ2v) is 5.56. The fourth-order valence-electron chi connectivity index (χ4n) is 3.12. The van der Waals surface area contributed by atoms with Gasteiger partial charge in [0, 0.05) is 26.2 Å². The quantitative estimate of drug-likeness (QED) is 0.868. The summed E-state index contributed by atoms with van der Waals surface area (Å²) in [6, 6.07) is 1.04. The Labute approximate surface area is 125 Å². The van der Waals surface area contributed by atoms with E-state index in [0.717, 1.165) is 19.0 Å². The molecule has 1 aromatic rings. The Morgan fingerprint density at radius 3 is 2.71 bits per heavy atom. The molecule has 2 saturated heterocycles. The van der Waals surface area contributed by atoms with Crippen molar-refractivity contribution in [3.63, 3.8) is 0 Å². The second-order valence-electron chi connectivity index (χ2n) is 5.56. The van der Waals surface area contributed by atoms with Crippen molar-refractivity contribution in [2.75, 3.05) is 50.1 Å². The van der Waals surface area contributed by atoms with Gasteiger partial charge < -0.3 is 15.0 Å². The molecule has 0 aliphatic carbocycles. The highest BCUT2D eigenvalue weighted by atomic mass is 16.5. The van der Waals surface area contributed by atoms with Gasteiger partial charge in [-0.2, -0.15) is 15.0 Å². The normalized spacial score (nSPS) is 22.8. The van der Waals surface area contributed by atoms with Crippen molar-refractivity contribution in [3.8, 4) is 6.01 Å². The molecular weight excluding hydrogens is 268 g/mol. The maximum absolute atomic E-state index is 5.44. The zero-order valence-electron chi connectivity index (χ0n) is 12.9. The van der Waals surface area contributed by atoms with Crippen LogP contribution in [-0.2, 0) is 0 Å². The van der Waals surface area contributed by atoms with E-state index in [0.29, 0.717) is 24.6 Å². The molecule has 1 N–H and O–H groups in total. The van der Waals surface area contributed by atoms with Crippen molar-refractivity contribution in [1.29, 1.82) is 0 Å². The summed E-state index contributed by atoms with van der Waals surface area (Å²) in [5.41, 5.74) is 0. The summed E-state index contributed by atoms with van der Waals surface area (Å²) in [4.78, 5) is 18.0. The fourth-order valence-corrected chi connectivity index (χ4v) is 3.12. The first-order valence-corrected chi connectivity index (χ1v) is 7.85. The Kier molecular flexibility index (Phi) is 4.38. The summed E-state index contributed by atoms with van der Waals surface area (Å²) in [5, 5.41) is 2.98. The largest absolute Gasteiger partial charge is 0.464 e. The lowest BCUT2D eigenvalue weighted by molar-refractivity contribution is 0.260. The van der Waals surface area contributed by atoms with Crippen molar-refractivity contribution >= 4 is 11.9 Å². The van der Waals surface area contributed by atoms with Crippen LogP contribution in [0.25, 0.3) is 0 Å². The van der Waals surface area contributed by atoms with Gasteiger partial charge in [-0.05, 0) is 39.3 Å². The van der Waals surface area contributed by atoms with Crippen LogP contribution in [0.4, 0.5) is 11.9 Å². The molecule has 7 heteroatoms. The molecule has 1 aromatic heterocycles. The molecule has 1 unspecified atom stereocenters. The molecule has 0 spiro atoms. The summed E-state index contributed by atoms with van der Waals surface area (Å²) < 4.78 is 5.44. The van der Waals surface area contributed by atoms with Crippen molar-refractivity contribution in [2.45, 2.75) is 32.2 Å². The molecule has 0 bridgehead atoms. The summed E-state index contributed by atoms with van der Waals surface area (Å²) in [7, 11) is 1.81. The molecule has 0 radical (unpaired) electrons. The topological polar surface area (TPSA) is 66.4 Å². The number of aromatic nitrogens is 3. The van der Waals surface area contributed by atoms with Crippen molar-refractivity contribution < 1.29 is 4.74 Å². The summed E-state index contributed by atoms with van der Waals surface area (Å²) >= 11 is 0. The minimum Gasteiger partial charge on any atom is -0.464 e. The van der Waals surface area contributed by atoms with E-state index >= 15 is 0 Å². The lowest BCUT2D eigenvalue weighted by Gasteiger charge is -2.23. The molecule has 116 valence electrons. The Balaban J connectivity index is 1.72. The van der Waals surface area contributed by atoms with Crippen LogP contribution < -0.4 is 15.0 Å². The number of nitrogens with one attached hydrogen (secondary N) is 1. The molecule has 3 rings (SSSR count). The molecule has 2 aliphatic rings. The predicted molar refractivity (Wildman–Crippen MR) is 82.0 cm³/mol. The van der Waals surface area contributed by atoms with Gasteiger partial charge in [-0.3, -0.25) is 4.90 Å². The average Bonchev–Trinajstić information content (AvgIpc) is 3.18. The van der Waals surface area contributed by atoms with Gasteiger partial charge in [-0.25, -0.2) is 0 Å². The Bertz CT molecular complexity index is 477. The highest BCUT2D eigenvalue weighted by Crippen LogP contribution is 2.24. The lowest BCUT2D eigenvalue weighted by atomic mass is 10.2. The zero-order chi connectivity index (χ0) is 14.7. The smallest absolute Gasteiger partial charge is 0.323 e. The highest BCUT2D eigenvalue weighted by Gasteiger charge is 2.30. The Hall–Kier alpha value is -1.63. The number of likely N-dealkylation sites (tertiary alicyclic amines) is 1. The molecular formula is C14H24N6O. The number of hydrogen-bond donors (Lipinski definition) is 1. The number of ether oxygens (including phenoxy) is 1. The number of hydrogen-bond acceptors (Lipinski definition) is 7. The molecule has 3 heterocycles. The van der Waals surface area contributed by atoms with Crippen LogP contribution in [0.3, 0.4) is 0 Å². The van der Waals surface area contributed by atoms with E-state index in [1.165, 1.54) is 32.4 Å². The van der Waals surface area contributed by atoms with Crippen molar-refractivity contribution in [2.24, 2.45) is 0 Å². The van der Waals surface area contributed by atoms with Crippen LogP contribution in [0.5, 0.6) is 6.01 Å². The van der Waals surface area contributed by atoms with Crippen LogP contribution in [0.2, 0.25) is 0 Å². The maximum Gasteiger partial charge on any atom is 0.323 e. The van der Waals surface area contributed by atoms with E-state index in [-0.39, 0.29) is 0 Å². The van der Waals surface area contributed by atoms with Gasteiger partial charge in [0.25, 0.3) is 0 Å². The van der Waals surface area contributed by atoms with Crippen LogP contribution in [0.1, 0.15) is 26.2 Å². The van der Waals surface area contributed by atoms with Crippen LogP contribution in [0.15, 0.2) is 0 Å². The van der Waals surface area contributed by atoms with Gasteiger partial charge in [0.2, 0.25) is 11.9 Å². The van der Waals surface area contributed by atoms with Crippen molar-refractivity contribution in [1.82, 2.24) is 19.9 Å². The van der Waals surface area contributed by atoms with Crippen LogP contribution in [-0.4, -0.2) is 65.7 Å². The third-order valence-electron chi connectivity index (χ3n) is 4.20. The molecule has 2 fully saturated rings. The predicted octanol–water partition coefficient (Wildman–Crippen LogP) is 0.986. The van der Waals surface area contributed by atoms with Gasteiger partial charge in [-0.1, -0.05) is 0 Å². The van der Waals surface area contributed by atoms with E-state index in [4.69, 9.17) is 4.74 Å². The maximum atomic E-state index is 5.44. The summed E-state index contributed by atoms with van der Waals surface area (Å²) in [6.07, 6.45) is 3.85. The lowest BCUT2D eigenvalue weighted by Crippen LogP contribution is -2.35. The van der Waals surface area contributed by atoms with E-state index in [2.05, 4.69) is 30.1 Å². The first kappa shape index (κ1) is 14.3.